The Morgan fingerprint density at radius 3 is 2.24 bits per heavy atom. The molecule has 110 valence electrons. The molecule has 1 saturated heterocycles. The predicted molar refractivity (Wildman–Crippen MR) is 82.4 cm³/mol. The molecule has 0 saturated carbocycles. The molecule has 0 radical (unpaired) electrons. The summed E-state index contributed by atoms with van der Waals surface area (Å²) in [7, 11) is -0.489. The molecule has 1 aromatic carbocycles. The van der Waals surface area contributed by atoms with Crippen molar-refractivity contribution in [2.45, 2.75) is 45.8 Å². The van der Waals surface area contributed by atoms with Crippen molar-refractivity contribution in [2.24, 2.45) is 0 Å². The summed E-state index contributed by atoms with van der Waals surface area (Å²) < 4.78 is 17.6. The lowest BCUT2D eigenvalue weighted by Gasteiger charge is -2.32. The SMILES string of the molecule is Cc1ccccc1-c1nc(B2OC(C)(C)C(C)(C)O2)co1. The maximum atomic E-state index is 5.98. The summed E-state index contributed by atoms with van der Waals surface area (Å²) in [6, 6.07) is 8.00. The van der Waals surface area contributed by atoms with Crippen molar-refractivity contribution in [3.8, 4) is 11.5 Å². The Morgan fingerprint density at radius 1 is 1.00 bits per heavy atom. The minimum absolute atomic E-state index is 0.376. The maximum Gasteiger partial charge on any atom is 0.517 e. The van der Waals surface area contributed by atoms with Crippen molar-refractivity contribution < 1.29 is 13.7 Å². The van der Waals surface area contributed by atoms with E-state index < -0.39 is 7.12 Å². The van der Waals surface area contributed by atoms with Gasteiger partial charge in [0, 0.05) is 5.56 Å². The van der Waals surface area contributed by atoms with E-state index >= 15 is 0 Å². The van der Waals surface area contributed by atoms with Crippen LogP contribution in [0.25, 0.3) is 11.5 Å². The Hall–Kier alpha value is -1.59. The Bertz CT molecular complexity index is 647. The highest BCUT2D eigenvalue weighted by Gasteiger charge is 2.52. The number of hydrogen-bond acceptors (Lipinski definition) is 4. The second kappa shape index (κ2) is 4.72. The molecule has 4 nitrogen and oxygen atoms in total. The van der Waals surface area contributed by atoms with Gasteiger partial charge in [-0.15, -0.1) is 0 Å². The van der Waals surface area contributed by atoms with Crippen molar-refractivity contribution in [1.82, 2.24) is 4.98 Å². The summed E-state index contributed by atoms with van der Waals surface area (Å²) >= 11 is 0. The molecule has 0 bridgehead atoms. The van der Waals surface area contributed by atoms with E-state index in [2.05, 4.69) is 4.98 Å². The number of aromatic nitrogens is 1. The zero-order chi connectivity index (χ0) is 15.3. The average molecular weight is 285 g/mol. The van der Waals surface area contributed by atoms with Crippen LogP contribution in [0, 0.1) is 6.92 Å². The number of benzene rings is 1. The van der Waals surface area contributed by atoms with Gasteiger partial charge in [-0.1, -0.05) is 18.2 Å². The molecule has 2 aromatic rings. The Kier molecular flexibility index (Phi) is 3.22. The first-order valence-corrected chi connectivity index (χ1v) is 7.17. The van der Waals surface area contributed by atoms with E-state index in [9.17, 15) is 0 Å². The molecular formula is C16H20BNO3. The van der Waals surface area contributed by atoms with Crippen molar-refractivity contribution in [2.75, 3.05) is 0 Å². The average Bonchev–Trinajstić information content (AvgIpc) is 2.94. The van der Waals surface area contributed by atoms with Crippen LogP contribution in [0.5, 0.6) is 0 Å². The molecule has 1 aromatic heterocycles. The van der Waals surface area contributed by atoms with Crippen LogP contribution in [-0.4, -0.2) is 23.3 Å². The zero-order valence-corrected chi connectivity index (χ0v) is 13.1. The summed E-state index contributed by atoms with van der Waals surface area (Å²) in [5.74, 6) is 0.595. The maximum absolute atomic E-state index is 5.98. The molecule has 1 fully saturated rings. The van der Waals surface area contributed by atoms with Gasteiger partial charge < -0.3 is 13.7 Å². The van der Waals surface area contributed by atoms with Crippen molar-refractivity contribution in [1.29, 1.82) is 0 Å². The summed E-state index contributed by atoms with van der Waals surface area (Å²) in [4.78, 5) is 4.54. The van der Waals surface area contributed by atoms with Gasteiger partial charge >= 0.3 is 7.12 Å². The van der Waals surface area contributed by atoms with Crippen LogP contribution in [0.15, 0.2) is 34.9 Å². The lowest BCUT2D eigenvalue weighted by molar-refractivity contribution is 0.00578. The molecule has 0 spiro atoms. The second-order valence-corrected chi connectivity index (χ2v) is 6.48. The normalized spacial score (nSPS) is 20.0. The molecule has 0 amide bonds. The minimum atomic E-state index is -0.489. The molecule has 3 rings (SSSR count). The van der Waals surface area contributed by atoms with Gasteiger partial charge in [-0.3, -0.25) is 0 Å². The van der Waals surface area contributed by atoms with Crippen LogP contribution in [0.1, 0.15) is 33.3 Å². The second-order valence-electron chi connectivity index (χ2n) is 6.48. The first kappa shape index (κ1) is 14.4. The fraction of sp³-hybridized carbons (Fsp3) is 0.438. The summed E-state index contributed by atoms with van der Waals surface area (Å²) in [5, 5.41) is 0. The first-order chi connectivity index (χ1) is 9.80. The van der Waals surface area contributed by atoms with Crippen LogP contribution in [0.2, 0.25) is 0 Å². The van der Waals surface area contributed by atoms with Crippen LogP contribution in [0.4, 0.5) is 0 Å². The van der Waals surface area contributed by atoms with E-state index in [0.29, 0.717) is 11.5 Å². The fourth-order valence-corrected chi connectivity index (χ4v) is 2.29. The number of nitrogens with zero attached hydrogens (tertiary/aromatic N) is 1. The quantitative estimate of drug-likeness (QED) is 0.796. The lowest BCUT2D eigenvalue weighted by Crippen LogP contribution is -2.41. The molecule has 1 aliphatic rings. The van der Waals surface area contributed by atoms with Crippen LogP contribution < -0.4 is 5.59 Å². The molecule has 0 aliphatic carbocycles. The zero-order valence-electron chi connectivity index (χ0n) is 13.1. The lowest BCUT2D eigenvalue weighted by atomic mass is 9.86. The van der Waals surface area contributed by atoms with E-state index in [0.717, 1.165) is 11.1 Å². The van der Waals surface area contributed by atoms with Crippen LogP contribution in [0.3, 0.4) is 0 Å². The number of rotatable bonds is 2. The minimum Gasteiger partial charge on any atom is -0.445 e. The molecule has 0 unspecified atom stereocenters. The Morgan fingerprint density at radius 2 is 1.62 bits per heavy atom. The van der Waals surface area contributed by atoms with Crippen LogP contribution in [-0.2, 0) is 9.31 Å². The van der Waals surface area contributed by atoms with E-state index in [-0.39, 0.29) is 11.2 Å². The van der Waals surface area contributed by atoms with E-state index in [1.807, 2.05) is 58.9 Å². The number of aryl methyl sites for hydroxylation is 1. The highest BCUT2D eigenvalue weighted by Crippen LogP contribution is 2.36. The first-order valence-electron chi connectivity index (χ1n) is 7.17. The third-order valence-corrected chi connectivity index (χ3v) is 4.39. The summed E-state index contributed by atoms with van der Waals surface area (Å²) in [5.41, 5.74) is 2.03. The van der Waals surface area contributed by atoms with Gasteiger partial charge in [-0.2, -0.15) is 0 Å². The van der Waals surface area contributed by atoms with Crippen molar-refractivity contribution in [3.63, 3.8) is 0 Å². The number of oxazole rings is 1. The van der Waals surface area contributed by atoms with Crippen molar-refractivity contribution in [3.05, 3.63) is 36.1 Å². The van der Waals surface area contributed by atoms with Gasteiger partial charge in [0.2, 0.25) is 5.89 Å². The Labute approximate surface area is 125 Å². The van der Waals surface area contributed by atoms with Gasteiger partial charge in [0.1, 0.15) is 11.9 Å². The molecule has 0 atom stereocenters. The van der Waals surface area contributed by atoms with E-state index in [1.54, 1.807) is 6.26 Å². The van der Waals surface area contributed by atoms with Gasteiger partial charge in [0.25, 0.3) is 0 Å². The fourth-order valence-electron chi connectivity index (χ4n) is 2.29. The van der Waals surface area contributed by atoms with Gasteiger partial charge in [-0.25, -0.2) is 4.98 Å². The molecule has 0 N–H and O–H groups in total. The van der Waals surface area contributed by atoms with Gasteiger partial charge in [0.05, 0.1) is 11.2 Å². The summed E-state index contributed by atoms with van der Waals surface area (Å²) in [6.07, 6.45) is 1.62. The van der Waals surface area contributed by atoms with Gasteiger partial charge in [0.15, 0.2) is 0 Å². The predicted octanol–water partition coefficient (Wildman–Crippen LogP) is 2.95. The van der Waals surface area contributed by atoms with E-state index in [4.69, 9.17) is 13.7 Å². The number of hydrogen-bond donors (Lipinski definition) is 0. The monoisotopic (exact) mass is 285 g/mol. The molecule has 5 heteroatoms. The smallest absolute Gasteiger partial charge is 0.445 e. The van der Waals surface area contributed by atoms with Crippen LogP contribution >= 0.6 is 0 Å². The Balaban J connectivity index is 1.89. The third kappa shape index (κ3) is 2.41. The van der Waals surface area contributed by atoms with Gasteiger partial charge in [-0.05, 0) is 46.2 Å². The molecule has 2 heterocycles. The highest BCUT2D eigenvalue weighted by atomic mass is 16.7. The molecule has 1 aliphatic heterocycles. The van der Waals surface area contributed by atoms with Crippen molar-refractivity contribution >= 4 is 12.7 Å². The summed E-state index contributed by atoms with van der Waals surface area (Å²) in [6.45, 7) is 10.1. The molecule has 21 heavy (non-hydrogen) atoms. The van der Waals surface area contributed by atoms with E-state index in [1.165, 1.54) is 0 Å². The third-order valence-electron chi connectivity index (χ3n) is 4.39. The molecular weight excluding hydrogens is 265 g/mol. The largest absolute Gasteiger partial charge is 0.517 e. The topological polar surface area (TPSA) is 44.5 Å². The standard InChI is InChI=1S/C16H20BNO3/c1-11-8-6-7-9-12(11)14-18-13(10-19-14)17-20-15(2,3)16(4,5)21-17/h6-10H,1-5H3. The highest BCUT2D eigenvalue weighted by molar-refractivity contribution is 6.61.